The molecule has 3 heterocycles. The number of anilines is 1. The molecule has 0 atom stereocenters. The van der Waals surface area contributed by atoms with E-state index in [0.29, 0.717) is 28.2 Å². The summed E-state index contributed by atoms with van der Waals surface area (Å²) < 4.78 is 33.1. The second-order valence-corrected chi connectivity index (χ2v) is 9.63. The van der Waals surface area contributed by atoms with Crippen molar-refractivity contribution in [2.24, 2.45) is 7.05 Å². The summed E-state index contributed by atoms with van der Waals surface area (Å²) in [4.78, 5) is 47.9. The van der Waals surface area contributed by atoms with Gasteiger partial charge >= 0.3 is 0 Å². The van der Waals surface area contributed by atoms with Gasteiger partial charge in [0.05, 0.1) is 19.7 Å². The molecule has 2 amide bonds. The van der Waals surface area contributed by atoms with Gasteiger partial charge in [0.2, 0.25) is 5.43 Å². The van der Waals surface area contributed by atoms with Gasteiger partial charge in [-0.25, -0.2) is 9.37 Å². The number of carbonyl (C=O) groups excluding carboxylic acids is 2. The van der Waals surface area contributed by atoms with Crippen LogP contribution >= 0.6 is 0 Å². The highest BCUT2D eigenvalue weighted by Gasteiger charge is 2.29. The number of methoxy groups -OCH3 is 2. The smallest absolute Gasteiger partial charge is 0.261 e. The standard InChI is InChI=1S/C29H28FN5O6/c1-14-23(27(37)32-16-6-7-16)26(36)24(15(2)35(14)3)28(38)33-17-8-9-20(18(30)12-17)41-21-10-11-31-19-13-22(39-4)29(40-5)34-25(19)21/h8-13,16H,6-7H2,1-5H3,(H,32,37)(H,33,38). The molecule has 0 radical (unpaired) electrons. The first kappa shape index (κ1) is 27.6. The highest BCUT2D eigenvalue weighted by Crippen LogP contribution is 2.35. The van der Waals surface area contributed by atoms with Crippen LogP contribution in [0.3, 0.4) is 0 Å². The zero-order valence-corrected chi connectivity index (χ0v) is 23.1. The van der Waals surface area contributed by atoms with Crippen molar-refractivity contribution in [2.45, 2.75) is 32.7 Å². The van der Waals surface area contributed by atoms with E-state index in [1.165, 1.54) is 38.6 Å². The van der Waals surface area contributed by atoms with Crippen LogP contribution in [0.5, 0.6) is 23.1 Å². The van der Waals surface area contributed by atoms with E-state index in [0.717, 1.165) is 18.9 Å². The van der Waals surface area contributed by atoms with Gasteiger partial charge in [-0.2, -0.15) is 0 Å². The molecular formula is C29H28FN5O6. The minimum atomic E-state index is -0.772. The Labute approximate surface area is 234 Å². The lowest BCUT2D eigenvalue weighted by Crippen LogP contribution is -2.37. The van der Waals surface area contributed by atoms with Crippen molar-refractivity contribution < 1.29 is 28.2 Å². The number of fused-ring (bicyclic) bond motifs is 1. The Morgan fingerprint density at radius 2 is 1.68 bits per heavy atom. The molecule has 41 heavy (non-hydrogen) atoms. The summed E-state index contributed by atoms with van der Waals surface area (Å²) in [6.07, 6.45) is 3.19. The van der Waals surface area contributed by atoms with Crippen molar-refractivity contribution in [2.75, 3.05) is 19.5 Å². The Balaban J connectivity index is 1.41. The Morgan fingerprint density at radius 3 is 2.32 bits per heavy atom. The molecule has 2 N–H and O–H groups in total. The summed E-state index contributed by atoms with van der Waals surface area (Å²) in [5, 5.41) is 5.36. The summed E-state index contributed by atoms with van der Waals surface area (Å²) in [5.41, 5.74) is 0.726. The number of nitrogens with zero attached hydrogens (tertiary/aromatic N) is 3. The Hall–Kier alpha value is -5.00. The molecule has 0 aliphatic heterocycles. The average molecular weight is 562 g/mol. The normalized spacial score (nSPS) is 12.6. The van der Waals surface area contributed by atoms with E-state index >= 15 is 4.39 Å². The first-order chi connectivity index (χ1) is 19.6. The minimum Gasteiger partial charge on any atom is -0.491 e. The third-order valence-electron chi connectivity index (χ3n) is 6.98. The summed E-state index contributed by atoms with van der Waals surface area (Å²) in [6.45, 7) is 3.27. The monoisotopic (exact) mass is 561 g/mol. The van der Waals surface area contributed by atoms with Gasteiger partial charge in [-0.1, -0.05) is 0 Å². The number of benzene rings is 1. The largest absolute Gasteiger partial charge is 0.491 e. The average Bonchev–Trinajstić information content (AvgIpc) is 3.76. The molecule has 1 saturated carbocycles. The van der Waals surface area contributed by atoms with Crippen LogP contribution in [0, 0.1) is 19.7 Å². The van der Waals surface area contributed by atoms with Crippen LogP contribution in [0.25, 0.3) is 11.0 Å². The number of hydrogen-bond acceptors (Lipinski definition) is 8. The van der Waals surface area contributed by atoms with Crippen molar-refractivity contribution in [1.29, 1.82) is 0 Å². The van der Waals surface area contributed by atoms with Crippen molar-refractivity contribution in [1.82, 2.24) is 19.9 Å². The van der Waals surface area contributed by atoms with Gasteiger partial charge in [0.1, 0.15) is 16.6 Å². The molecule has 0 saturated heterocycles. The summed E-state index contributed by atoms with van der Waals surface area (Å²) >= 11 is 0. The van der Waals surface area contributed by atoms with Crippen molar-refractivity contribution in [3.05, 3.63) is 75.1 Å². The zero-order chi connectivity index (χ0) is 29.4. The van der Waals surface area contributed by atoms with E-state index in [2.05, 4.69) is 20.6 Å². The van der Waals surface area contributed by atoms with Crippen LogP contribution in [0.1, 0.15) is 44.9 Å². The molecule has 0 spiro atoms. The summed E-state index contributed by atoms with van der Waals surface area (Å²) in [5.74, 6) is -1.36. The van der Waals surface area contributed by atoms with Gasteiger partial charge in [-0.3, -0.25) is 19.4 Å². The highest BCUT2D eigenvalue weighted by molar-refractivity contribution is 6.07. The number of pyridine rings is 3. The van der Waals surface area contributed by atoms with Crippen LogP contribution in [-0.4, -0.2) is 46.6 Å². The summed E-state index contributed by atoms with van der Waals surface area (Å²) in [6, 6.07) is 7.05. The van der Waals surface area contributed by atoms with Gasteiger partial charge in [0.25, 0.3) is 17.7 Å². The Kier molecular flexibility index (Phi) is 7.31. The maximum atomic E-state index is 15.1. The van der Waals surface area contributed by atoms with Gasteiger partial charge in [-0.05, 0) is 38.8 Å². The molecule has 5 rings (SSSR count). The maximum Gasteiger partial charge on any atom is 0.261 e. The second kappa shape index (κ2) is 10.9. The van der Waals surface area contributed by atoms with Crippen LogP contribution in [0.15, 0.2) is 41.3 Å². The fourth-order valence-electron chi connectivity index (χ4n) is 4.42. The number of aromatic nitrogens is 3. The van der Waals surface area contributed by atoms with Gasteiger partial charge in [-0.15, -0.1) is 0 Å². The SMILES string of the molecule is COc1cc2nccc(Oc3ccc(NC(=O)c4c(C)n(C)c(C)c(C(=O)NC5CC5)c4=O)cc3F)c2nc1OC. The Bertz CT molecular complexity index is 1770. The summed E-state index contributed by atoms with van der Waals surface area (Å²) in [7, 11) is 4.59. The van der Waals surface area contributed by atoms with E-state index in [1.807, 2.05) is 0 Å². The molecule has 4 aromatic rings. The Morgan fingerprint density at radius 1 is 0.976 bits per heavy atom. The zero-order valence-electron chi connectivity index (χ0n) is 23.1. The number of carbonyl (C=O) groups is 2. The lowest BCUT2D eigenvalue weighted by atomic mass is 10.0. The van der Waals surface area contributed by atoms with Crippen LogP contribution in [0.2, 0.25) is 0 Å². The van der Waals surface area contributed by atoms with Crippen molar-refractivity contribution >= 4 is 28.5 Å². The topological polar surface area (TPSA) is 134 Å². The second-order valence-electron chi connectivity index (χ2n) is 9.63. The first-order valence-electron chi connectivity index (χ1n) is 12.8. The molecule has 0 bridgehead atoms. The fourth-order valence-corrected chi connectivity index (χ4v) is 4.42. The van der Waals surface area contributed by atoms with E-state index in [4.69, 9.17) is 14.2 Å². The van der Waals surface area contributed by atoms with Crippen LogP contribution < -0.4 is 30.3 Å². The minimum absolute atomic E-state index is 0.0414. The lowest BCUT2D eigenvalue weighted by molar-refractivity contribution is 0.0948. The van der Waals surface area contributed by atoms with Gasteiger partial charge < -0.3 is 29.4 Å². The predicted octanol–water partition coefficient (Wildman–Crippen LogP) is 4.04. The third kappa shape index (κ3) is 5.28. The van der Waals surface area contributed by atoms with Gasteiger partial charge in [0.15, 0.2) is 23.1 Å². The molecule has 3 aromatic heterocycles. The van der Waals surface area contributed by atoms with E-state index in [1.54, 1.807) is 31.5 Å². The first-order valence-corrected chi connectivity index (χ1v) is 12.8. The predicted molar refractivity (Wildman–Crippen MR) is 149 cm³/mol. The maximum absolute atomic E-state index is 15.1. The molecule has 11 nitrogen and oxygen atoms in total. The number of rotatable bonds is 8. The molecule has 1 fully saturated rings. The molecule has 1 aromatic carbocycles. The molecule has 1 aliphatic rings. The molecule has 12 heteroatoms. The molecular weight excluding hydrogens is 533 g/mol. The van der Waals surface area contributed by atoms with E-state index in [-0.39, 0.29) is 40.2 Å². The van der Waals surface area contributed by atoms with E-state index < -0.39 is 23.1 Å². The van der Waals surface area contributed by atoms with Crippen molar-refractivity contribution in [3.63, 3.8) is 0 Å². The van der Waals surface area contributed by atoms with E-state index in [9.17, 15) is 14.4 Å². The fraction of sp³-hybridized carbons (Fsp3) is 0.276. The lowest BCUT2D eigenvalue weighted by Gasteiger charge is -2.17. The van der Waals surface area contributed by atoms with Crippen LogP contribution in [-0.2, 0) is 7.05 Å². The number of ether oxygens (including phenoxy) is 3. The van der Waals surface area contributed by atoms with Crippen molar-refractivity contribution in [3.8, 4) is 23.1 Å². The number of hydrogen-bond donors (Lipinski definition) is 2. The van der Waals surface area contributed by atoms with Gasteiger partial charge in [0, 0.05) is 54.6 Å². The number of amides is 2. The highest BCUT2D eigenvalue weighted by atomic mass is 19.1. The molecule has 0 unspecified atom stereocenters. The quantitative estimate of drug-likeness (QED) is 0.329. The molecule has 1 aliphatic carbocycles. The molecule has 212 valence electrons. The third-order valence-corrected chi connectivity index (χ3v) is 6.98. The number of halogens is 1. The number of nitrogens with one attached hydrogen (secondary N) is 2. The van der Waals surface area contributed by atoms with Crippen LogP contribution in [0.4, 0.5) is 10.1 Å².